The van der Waals surface area contributed by atoms with Crippen molar-refractivity contribution in [2.75, 3.05) is 11.5 Å². The molecule has 0 aliphatic carbocycles. The van der Waals surface area contributed by atoms with Crippen LogP contribution in [0.5, 0.6) is 5.75 Å². The van der Waals surface area contributed by atoms with Crippen LogP contribution < -0.4 is 15.4 Å². The molecule has 2 aromatic rings. The number of carbonyl (C=O) groups excluding carboxylic acids is 2. The van der Waals surface area contributed by atoms with Gasteiger partial charge >= 0.3 is 11.8 Å². The first kappa shape index (κ1) is 16.5. The lowest BCUT2D eigenvalue weighted by molar-refractivity contribution is -0.135. The highest BCUT2D eigenvalue weighted by Gasteiger charge is 2.22. The molecule has 0 atom stereocenters. The summed E-state index contributed by atoms with van der Waals surface area (Å²) in [5.41, 5.74) is 7.49. The average Bonchev–Trinajstić information content (AvgIpc) is 2.57. The van der Waals surface area contributed by atoms with E-state index in [2.05, 4.69) is 0 Å². The molecular weight excluding hydrogens is 292 g/mol. The van der Waals surface area contributed by atoms with Gasteiger partial charge in [-0.25, -0.2) is 0 Å². The largest absolute Gasteiger partial charge is 0.494 e. The third-order valence-corrected chi connectivity index (χ3v) is 3.42. The number of ether oxygens (including phenoxy) is 1. The van der Waals surface area contributed by atoms with Gasteiger partial charge in [-0.3, -0.25) is 14.5 Å². The summed E-state index contributed by atoms with van der Waals surface area (Å²) in [6, 6.07) is 14.4. The fraction of sp³-hybridized carbons (Fsp3) is 0.222. The summed E-state index contributed by atoms with van der Waals surface area (Å²) in [7, 11) is 0. The number of aryl methyl sites for hydroxylation is 1. The minimum Gasteiger partial charge on any atom is -0.494 e. The Labute approximate surface area is 135 Å². The molecule has 2 N–H and O–H groups in total. The predicted molar refractivity (Wildman–Crippen MR) is 89.8 cm³/mol. The predicted octanol–water partition coefficient (Wildman–Crippen LogP) is 2.80. The molecule has 0 aliphatic rings. The summed E-state index contributed by atoms with van der Waals surface area (Å²) in [6.07, 6.45) is 0.896. The molecule has 0 aromatic heterocycles. The topological polar surface area (TPSA) is 72.6 Å². The SMILES string of the molecule is CCOc1ccc(N(C(=O)C(N)=O)c2ccc(CC)cc2)cc1. The van der Waals surface area contributed by atoms with Crippen molar-refractivity contribution < 1.29 is 14.3 Å². The summed E-state index contributed by atoms with van der Waals surface area (Å²) < 4.78 is 5.39. The van der Waals surface area contributed by atoms with Crippen LogP contribution in [-0.2, 0) is 16.0 Å². The van der Waals surface area contributed by atoms with Gasteiger partial charge in [0.05, 0.1) is 6.61 Å². The van der Waals surface area contributed by atoms with Crippen LogP contribution in [0.4, 0.5) is 11.4 Å². The van der Waals surface area contributed by atoms with E-state index >= 15 is 0 Å². The van der Waals surface area contributed by atoms with Crippen molar-refractivity contribution in [2.24, 2.45) is 5.73 Å². The number of nitrogens with zero attached hydrogens (tertiary/aromatic N) is 1. The van der Waals surface area contributed by atoms with Crippen LogP contribution in [0, 0.1) is 0 Å². The fourth-order valence-corrected chi connectivity index (χ4v) is 2.23. The second kappa shape index (κ2) is 7.45. The Morgan fingerprint density at radius 1 is 0.957 bits per heavy atom. The van der Waals surface area contributed by atoms with E-state index in [4.69, 9.17) is 10.5 Å². The molecule has 120 valence electrons. The monoisotopic (exact) mass is 312 g/mol. The highest BCUT2D eigenvalue weighted by Crippen LogP contribution is 2.28. The van der Waals surface area contributed by atoms with E-state index in [1.807, 2.05) is 26.0 Å². The van der Waals surface area contributed by atoms with Gasteiger partial charge in [-0.1, -0.05) is 19.1 Å². The zero-order valence-electron chi connectivity index (χ0n) is 13.3. The Kier molecular flexibility index (Phi) is 5.36. The molecule has 23 heavy (non-hydrogen) atoms. The molecule has 0 saturated heterocycles. The lowest BCUT2D eigenvalue weighted by Crippen LogP contribution is -2.37. The number of hydrogen-bond donors (Lipinski definition) is 1. The van der Waals surface area contributed by atoms with Crippen LogP contribution >= 0.6 is 0 Å². The number of primary amides is 1. The van der Waals surface area contributed by atoms with Gasteiger partial charge in [0.1, 0.15) is 5.75 Å². The van der Waals surface area contributed by atoms with Gasteiger partial charge in [-0.05, 0) is 55.3 Å². The first-order valence-corrected chi connectivity index (χ1v) is 7.52. The second-order valence-electron chi connectivity index (χ2n) is 4.95. The molecule has 0 fully saturated rings. The molecule has 2 rings (SSSR count). The number of carbonyl (C=O) groups is 2. The number of hydrogen-bond acceptors (Lipinski definition) is 3. The molecule has 0 radical (unpaired) electrons. The average molecular weight is 312 g/mol. The summed E-state index contributed by atoms with van der Waals surface area (Å²) >= 11 is 0. The van der Waals surface area contributed by atoms with E-state index in [0.717, 1.165) is 12.0 Å². The Morgan fingerprint density at radius 2 is 1.48 bits per heavy atom. The minimum atomic E-state index is -1.00. The number of nitrogens with two attached hydrogens (primary N) is 1. The molecule has 0 spiro atoms. The molecule has 2 amide bonds. The van der Waals surface area contributed by atoms with Crippen LogP contribution in [0.2, 0.25) is 0 Å². The fourth-order valence-electron chi connectivity index (χ4n) is 2.23. The van der Waals surface area contributed by atoms with Crippen molar-refractivity contribution in [1.29, 1.82) is 0 Å². The summed E-state index contributed by atoms with van der Waals surface area (Å²) in [6.45, 7) is 4.50. The van der Waals surface area contributed by atoms with Gasteiger partial charge in [0.15, 0.2) is 0 Å². The van der Waals surface area contributed by atoms with Crippen LogP contribution in [0.3, 0.4) is 0 Å². The highest BCUT2D eigenvalue weighted by molar-refractivity contribution is 6.41. The molecular formula is C18H20N2O3. The lowest BCUT2D eigenvalue weighted by Gasteiger charge is -2.22. The van der Waals surface area contributed by atoms with Crippen molar-refractivity contribution in [3.63, 3.8) is 0 Å². The molecule has 5 nitrogen and oxygen atoms in total. The molecule has 0 bridgehead atoms. The summed E-state index contributed by atoms with van der Waals surface area (Å²) in [5.74, 6) is -1.08. The number of anilines is 2. The second-order valence-corrected chi connectivity index (χ2v) is 4.95. The first-order chi connectivity index (χ1) is 11.1. The van der Waals surface area contributed by atoms with E-state index in [9.17, 15) is 9.59 Å². The maximum atomic E-state index is 12.2. The summed E-state index contributed by atoms with van der Waals surface area (Å²) in [4.78, 5) is 24.9. The smallest absolute Gasteiger partial charge is 0.320 e. The van der Waals surface area contributed by atoms with Crippen LogP contribution in [0.1, 0.15) is 19.4 Å². The highest BCUT2D eigenvalue weighted by atomic mass is 16.5. The van der Waals surface area contributed by atoms with E-state index in [1.165, 1.54) is 4.90 Å². The van der Waals surface area contributed by atoms with Gasteiger partial charge in [-0.2, -0.15) is 0 Å². The van der Waals surface area contributed by atoms with E-state index in [1.54, 1.807) is 36.4 Å². The van der Waals surface area contributed by atoms with Gasteiger partial charge in [0, 0.05) is 11.4 Å². The third-order valence-electron chi connectivity index (χ3n) is 3.42. The van der Waals surface area contributed by atoms with Gasteiger partial charge in [0.25, 0.3) is 0 Å². The van der Waals surface area contributed by atoms with E-state index in [-0.39, 0.29) is 0 Å². The van der Waals surface area contributed by atoms with Crippen molar-refractivity contribution in [1.82, 2.24) is 0 Å². The van der Waals surface area contributed by atoms with Crippen molar-refractivity contribution in [3.8, 4) is 5.75 Å². The Hall–Kier alpha value is -2.82. The van der Waals surface area contributed by atoms with Gasteiger partial charge in [-0.15, -0.1) is 0 Å². The Bertz CT molecular complexity index is 678. The van der Waals surface area contributed by atoms with Crippen LogP contribution in [0.15, 0.2) is 48.5 Å². The molecule has 0 heterocycles. The number of amides is 2. The van der Waals surface area contributed by atoms with Crippen LogP contribution in [0.25, 0.3) is 0 Å². The number of benzene rings is 2. The molecule has 2 aromatic carbocycles. The molecule has 0 unspecified atom stereocenters. The van der Waals surface area contributed by atoms with Crippen molar-refractivity contribution >= 4 is 23.2 Å². The van der Waals surface area contributed by atoms with E-state index in [0.29, 0.717) is 23.7 Å². The third kappa shape index (κ3) is 3.88. The Balaban J connectivity index is 2.40. The summed E-state index contributed by atoms with van der Waals surface area (Å²) in [5, 5.41) is 0. The standard InChI is InChI=1S/C18H20N2O3/c1-3-13-5-7-14(8-6-13)20(18(22)17(19)21)15-9-11-16(12-10-15)23-4-2/h5-12H,3-4H2,1-2H3,(H2,19,21). The Morgan fingerprint density at radius 3 is 1.91 bits per heavy atom. The first-order valence-electron chi connectivity index (χ1n) is 7.52. The molecule has 0 saturated carbocycles. The van der Waals surface area contributed by atoms with Gasteiger partial charge < -0.3 is 10.5 Å². The number of rotatable bonds is 5. The zero-order chi connectivity index (χ0) is 16.8. The van der Waals surface area contributed by atoms with Crippen molar-refractivity contribution in [3.05, 3.63) is 54.1 Å². The molecule has 0 aliphatic heterocycles. The molecule has 5 heteroatoms. The maximum Gasteiger partial charge on any atom is 0.320 e. The van der Waals surface area contributed by atoms with Crippen LogP contribution in [-0.4, -0.2) is 18.4 Å². The van der Waals surface area contributed by atoms with Gasteiger partial charge in [0.2, 0.25) is 0 Å². The van der Waals surface area contributed by atoms with Crippen molar-refractivity contribution in [2.45, 2.75) is 20.3 Å². The minimum absolute atomic E-state index is 0.557. The lowest BCUT2D eigenvalue weighted by atomic mass is 10.1. The quantitative estimate of drug-likeness (QED) is 0.863. The zero-order valence-corrected chi connectivity index (χ0v) is 13.3. The maximum absolute atomic E-state index is 12.2. The van der Waals surface area contributed by atoms with E-state index < -0.39 is 11.8 Å². The normalized spacial score (nSPS) is 10.2.